The van der Waals surface area contributed by atoms with E-state index in [-0.39, 0.29) is 22.6 Å². The van der Waals surface area contributed by atoms with Gasteiger partial charge in [-0.05, 0) is 0 Å². The van der Waals surface area contributed by atoms with Gasteiger partial charge in [-0.1, -0.05) is 11.6 Å². The van der Waals surface area contributed by atoms with Crippen molar-refractivity contribution in [3.8, 4) is 12.1 Å². The van der Waals surface area contributed by atoms with Crippen molar-refractivity contribution < 1.29 is 8.78 Å². The molecule has 0 bridgehead atoms. The fraction of sp³-hybridized carbons (Fsp3) is 0.222. The number of nitriles is 2. The molecular formula is C9H4ClF2N3. The van der Waals surface area contributed by atoms with Crippen LogP contribution in [0.15, 0.2) is 6.20 Å². The second-order valence-electron chi connectivity index (χ2n) is 2.59. The summed E-state index contributed by atoms with van der Waals surface area (Å²) in [5.41, 5.74) is -0.761. The monoisotopic (exact) mass is 227 g/mol. The van der Waals surface area contributed by atoms with Gasteiger partial charge in [-0.2, -0.15) is 10.5 Å². The van der Waals surface area contributed by atoms with Crippen LogP contribution in [0.25, 0.3) is 0 Å². The van der Waals surface area contributed by atoms with E-state index in [0.29, 0.717) is 0 Å². The average Bonchev–Trinajstić information content (AvgIpc) is 2.18. The molecule has 0 aliphatic carbocycles. The van der Waals surface area contributed by atoms with Crippen molar-refractivity contribution in [1.29, 1.82) is 10.5 Å². The maximum absolute atomic E-state index is 12.5. The number of alkyl halides is 2. The summed E-state index contributed by atoms with van der Waals surface area (Å²) in [7, 11) is 0. The Morgan fingerprint density at radius 3 is 2.60 bits per heavy atom. The van der Waals surface area contributed by atoms with Gasteiger partial charge in [0.25, 0.3) is 6.43 Å². The molecular weight excluding hydrogens is 224 g/mol. The van der Waals surface area contributed by atoms with Crippen molar-refractivity contribution in [2.75, 3.05) is 0 Å². The van der Waals surface area contributed by atoms with Gasteiger partial charge >= 0.3 is 0 Å². The number of rotatable bonds is 2. The average molecular weight is 228 g/mol. The molecule has 3 nitrogen and oxygen atoms in total. The van der Waals surface area contributed by atoms with Crippen LogP contribution in [0.4, 0.5) is 8.78 Å². The molecule has 1 aromatic rings. The first kappa shape index (κ1) is 11.4. The minimum atomic E-state index is -2.82. The van der Waals surface area contributed by atoms with E-state index in [0.717, 1.165) is 6.20 Å². The zero-order chi connectivity index (χ0) is 11.4. The van der Waals surface area contributed by atoms with Gasteiger partial charge in [0.15, 0.2) is 0 Å². The van der Waals surface area contributed by atoms with Crippen molar-refractivity contribution in [2.45, 2.75) is 12.8 Å². The van der Waals surface area contributed by atoms with E-state index in [1.54, 1.807) is 12.1 Å². The zero-order valence-corrected chi connectivity index (χ0v) is 8.09. The Kier molecular flexibility index (Phi) is 3.54. The van der Waals surface area contributed by atoms with E-state index in [9.17, 15) is 8.78 Å². The van der Waals surface area contributed by atoms with Crippen LogP contribution in [-0.2, 0) is 6.42 Å². The van der Waals surface area contributed by atoms with Gasteiger partial charge in [0, 0.05) is 11.8 Å². The molecule has 0 radical (unpaired) electrons. The van der Waals surface area contributed by atoms with Gasteiger partial charge in [0.2, 0.25) is 0 Å². The van der Waals surface area contributed by atoms with E-state index < -0.39 is 12.1 Å². The molecule has 0 atom stereocenters. The lowest BCUT2D eigenvalue weighted by molar-refractivity contribution is 0.145. The number of hydrogen-bond acceptors (Lipinski definition) is 3. The second-order valence-corrected chi connectivity index (χ2v) is 3.00. The number of nitrogens with zero attached hydrogens (tertiary/aromatic N) is 3. The zero-order valence-electron chi connectivity index (χ0n) is 7.34. The maximum Gasteiger partial charge on any atom is 0.280 e. The molecule has 0 unspecified atom stereocenters. The van der Waals surface area contributed by atoms with E-state index in [2.05, 4.69) is 4.98 Å². The maximum atomic E-state index is 12.5. The highest BCUT2D eigenvalue weighted by Gasteiger charge is 2.19. The topological polar surface area (TPSA) is 60.5 Å². The van der Waals surface area contributed by atoms with Crippen LogP contribution in [-0.4, -0.2) is 4.98 Å². The fourth-order valence-corrected chi connectivity index (χ4v) is 1.31. The lowest BCUT2D eigenvalue weighted by Gasteiger charge is -2.07. The molecule has 0 fully saturated rings. The first-order valence-electron chi connectivity index (χ1n) is 3.84. The summed E-state index contributed by atoms with van der Waals surface area (Å²) >= 11 is 5.60. The molecule has 1 rings (SSSR count). The van der Waals surface area contributed by atoms with E-state index in [1.165, 1.54) is 0 Å². The predicted molar refractivity (Wildman–Crippen MR) is 48.2 cm³/mol. The smallest absolute Gasteiger partial charge is 0.253 e. The SMILES string of the molecule is N#CCc1c(C(F)F)ncc(Cl)c1C#N. The summed E-state index contributed by atoms with van der Waals surface area (Å²) < 4.78 is 24.9. The summed E-state index contributed by atoms with van der Waals surface area (Å²) in [6.45, 7) is 0. The van der Waals surface area contributed by atoms with Crippen molar-refractivity contribution in [1.82, 2.24) is 4.98 Å². The molecule has 6 heteroatoms. The molecule has 0 aromatic carbocycles. The van der Waals surface area contributed by atoms with Crippen LogP contribution >= 0.6 is 11.6 Å². The van der Waals surface area contributed by atoms with Gasteiger partial charge in [0.05, 0.1) is 23.1 Å². The van der Waals surface area contributed by atoms with Crippen LogP contribution in [0.3, 0.4) is 0 Å². The van der Waals surface area contributed by atoms with Crippen molar-refractivity contribution >= 4 is 11.6 Å². The summed E-state index contributed by atoms with van der Waals surface area (Å²) in [6.07, 6.45) is -2.14. The van der Waals surface area contributed by atoms with Crippen LogP contribution in [0.2, 0.25) is 5.02 Å². The second kappa shape index (κ2) is 4.68. The summed E-state index contributed by atoms with van der Waals surface area (Å²) in [5, 5.41) is 17.2. The predicted octanol–water partition coefficient (Wildman–Crippen LogP) is 2.61. The Hall–Kier alpha value is -1.72. The Morgan fingerprint density at radius 1 is 1.47 bits per heavy atom. The summed E-state index contributed by atoms with van der Waals surface area (Å²) in [4.78, 5) is 3.42. The number of aromatic nitrogens is 1. The van der Waals surface area contributed by atoms with Crippen molar-refractivity contribution in [3.63, 3.8) is 0 Å². The Labute approximate surface area is 89.5 Å². The van der Waals surface area contributed by atoms with Crippen LogP contribution < -0.4 is 0 Å². The quantitative estimate of drug-likeness (QED) is 0.780. The van der Waals surface area contributed by atoms with Crippen molar-refractivity contribution in [3.05, 3.63) is 28.0 Å². The molecule has 0 N–H and O–H groups in total. The molecule has 0 saturated carbocycles. The highest BCUT2D eigenvalue weighted by atomic mass is 35.5. The van der Waals surface area contributed by atoms with Gasteiger partial charge in [-0.25, -0.2) is 8.78 Å². The van der Waals surface area contributed by atoms with Gasteiger partial charge < -0.3 is 0 Å². The molecule has 0 spiro atoms. The first-order valence-corrected chi connectivity index (χ1v) is 4.22. The minimum Gasteiger partial charge on any atom is -0.253 e. The molecule has 15 heavy (non-hydrogen) atoms. The van der Waals surface area contributed by atoms with E-state index >= 15 is 0 Å². The Balaban J connectivity index is 3.45. The molecule has 1 aromatic heterocycles. The third-order valence-corrected chi connectivity index (χ3v) is 2.03. The van der Waals surface area contributed by atoms with Crippen molar-refractivity contribution in [2.24, 2.45) is 0 Å². The molecule has 0 saturated heterocycles. The van der Waals surface area contributed by atoms with Gasteiger partial charge in [0.1, 0.15) is 11.8 Å². The molecule has 76 valence electrons. The largest absolute Gasteiger partial charge is 0.280 e. The van der Waals surface area contributed by atoms with Crippen LogP contribution in [0.1, 0.15) is 23.2 Å². The summed E-state index contributed by atoms with van der Waals surface area (Å²) in [5.74, 6) is 0. The standard InChI is InChI=1S/C9H4ClF2N3/c10-7-4-15-8(9(11)12)5(1-2-13)6(7)3-14/h4,9H,1H2. The molecule has 0 amide bonds. The van der Waals surface area contributed by atoms with E-state index in [4.69, 9.17) is 22.1 Å². The lowest BCUT2D eigenvalue weighted by Crippen LogP contribution is -2.02. The third-order valence-electron chi connectivity index (χ3n) is 1.74. The Morgan fingerprint density at radius 2 is 2.13 bits per heavy atom. The Bertz CT molecular complexity index is 460. The fourth-order valence-electron chi connectivity index (χ4n) is 1.11. The minimum absolute atomic E-state index is 0.0212. The lowest BCUT2D eigenvalue weighted by atomic mass is 10.0. The number of pyridine rings is 1. The highest BCUT2D eigenvalue weighted by Crippen LogP contribution is 2.27. The normalized spacial score (nSPS) is 9.73. The van der Waals surface area contributed by atoms with Gasteiger partial charge in [-0.3, -0.25) is 4.98 Å². The van der Waals surface area contributed by atoms with Crippen LogP contribution in [0.5, 0.6) is 0 Å². The number of hydrogen-bond donors (Lipinski definition) is 0. The highest BCUT2D eigenvalue weighted by molar-refractivity contribution is 6.31. The van der Waals surface area contributed by atoms with Crippen LogP contribution in [0, 0.1) is 22.7 Å². The third kappa shape index (κ3) is 2.20. The molecule has 0 aliphatic rings. The van der Waals surface area contributed by atoms with Gasteiger partial charge in [-0.15, -0.1) is 0 Å². The first-order chi connectivity index (χ1) is 7.11. The summed E-state index contributed by atoms with van der Waals surface area (Å²) in [6, 6.07) is 3.39. The van der Waals surface area contributed by atoms with E-state index in [1.807, 2.05) is 0 Å². The molecule has 1 heterocycles. The molecule has 0 aliphatic heterocycles. The number of halogens is 3.